The van der Waals surface area contributed by atoms with Gasteiger partial charge in [-0.25, -0.2) is 4.79 Å². The third-order valence-corrected chi connectivity index (χ3v) is 3.89. The Labute approximate surface area is 142 Å². The molecule has 0 bridgehead atoms. The molecule has 0 aliphatic carbocycles. The Morgan fingerprint density at radius 3 is 2.42 bits per heavy atom. The van der Waals surface area contributed by atoms with Crippen molar-refractivity contribution in [2.24, 2.45) is 5.92 Å². The summed E-state index contributed by atoms with van der Waals surface area (Å²) in [6.45, 7) is 7.09. The van der Waals surface area contributed by atoms with Crippen molar-refractivity contribution in [1.29, 1.82) is 0 Å². The van der Waals surface area contributed by atoms with Gasteiger partial charge >= 0.3 is 12.1 Å². The summed E-state index contributed by atoms with van der Waals surface area (Å²) in [6.07, 6.45) is -0.406. The third-order valence-electron chi connectivity index (χ3n) is 3.89. The molecule has 6 heteroatoms. The molecule has 132 valence electrons. The van der Waals surface area contributed by atoms with Crippen LogP contribution in [0.3, 0.4) is 0 Å². The Morgan fingerprint density at radius 1 is 1.25 bits per heavy atom. The first kappa shape index (κ1) is 18.3. The number of carbonyl (C=O) groups is 2. The van der Waals surface area contributed by atoms with Crippen LogP contribution in [0.25, 0.3) is 0 Å². The first-order valence-electron chi connectivity index (χ1n) is 8.04. The molecule has 0 saturated carbocycles. The van der Waals surface area contributed by atoms with Crippen LogP contribution < -0.4 is 0 Å². The largest absolute Gasteiger partial charge is 0.469 e. The maximum atomic E-state index is 12.5. The van der Waals surface area contributed by atoms with E-state index in [4.69, 9.17) is 14.3 Å². The molecule has 3 atom stereocenters. The van der Waals surface area contributed by atoms with Crippen molar-refractivity contribution in [2.75, 3.05) is 7.11 Å². The van der Waals surface area contributed by atoms with E-state index in [1.165, 1.54) is 12.2 Å². The van der Waals surface area contributed by atoms with E-state index in [-0.39, 0.29) is 12.1 Å². The van der Waals surface area contributed by atoms with Crippen LogP contribution in [0.2, 0.25) is 0 Å². The molecule has 2 rings (SSSR count). The molecule has 6 nitrogen and oxygen atoms in total. The van der Waals surface area contributed by atoms with Crippen molar-refractivity contribution < 1.29 is 23.9 Å². The summed E-state index contributed by atoms with van der Waals surface area (Å²) in [7, 11) is 1.33. The molecule has 1 aromatic rings. The summed E-state index contributed by atoms with van der Waals surface area (Å²) >= 11 is 0. The smallest absolute Gasteiger partial charge is 0.434 e. The van der Waals surface area contributed by atoms with Gasteiger partial charge < -0.3 is 9.47 Å². The van der Waals surface area contributed by atoms with Gasteiger partial charge in [0.2, 0.25) is 0 Å². The van der Waals surface area contributed by atoms with Crippen LogP contribution in [0.4, 0.5) is 4.79 Å². The number of nitrogens with zero attached hydrogens (tertiary/aromatic N) is 1. The second-order valence-electron chi connectivity index (χ2n) is 6.93. The summed E-state index contributed by atoms with van der Waals surface area (Å²) in [6, 6.07) is 9.16. The van der Waals surface area contributed by atoms with Gasteiger partial charge in [-0.1, -0.05) is 30.3 Å². The zero-order valence-corrected chi connectivity index (χ0v) is 14.8. The number of rotatable bonds is 3. The Hall–Kier alpha value is -2.08. The standard InChI is InChI=1S/C18H25NO5/c1-12(16(20)22-5)14-11-15(13-9-7-6-8-10-13)24-19(14)17(21)23-18(2,3)4/h6-10,12,14-15H,11H2,1-5H3/t12-,14-,15+/m1/s1. The topological polar surface area (TPSA) is 65.1 Å². The number of hydroxylamine groups is 2. The molecule has 1 aromatic carbocycles. The number of esters is 1. The third kappa shape index (κ3) is 4.26. The van der Waals surface area contributed by atoms with E-state index in [9.17, 15) is 9.59 Å². The van der Waals surface area contributed by atoms with Crippen LogP contribution in [0, 0.1) is 5.92 Å². The lowest BCUT2D eigenvalue weighted by molar-refractivity contribution is -0.167. The van der Waals surface area contributed by atoms with Crippen LogP contribution in [0.15, 0.2) is 30.3 Å². The number of amides is 1. The molecule has 0 unspecified atom stereocenters. The summed E-state index contributed by atoms with van der Waals surface area (Å²) in [5, 5.41) is 1.19. The highest BCUT2D eigenvalue weighted by Gasteiger charge is 2.44. The van der Waals surface area contributed by atoms with Crippen LogP contribution >= 0.6 is 0 Å². The average Bonchev–Trinajstić information content (AvgIpc) is 2.98. The van der Waals surface area contributed by atoms with E-state index in [0.29, 0.717) is 6.42 Å². The Balaban J connectivity index is 2.23. The molecule has 0 aromatic heterocycles. The molecule has 1 heterocycles. The van der Waals surface area contributed by atoms with Crippen molar-refractivity contribution in [3.63, 3.8) is 0 Å². The molecule has 24 heavy (non-hydrogen) atoms. The highest BCUT2D eigenvalue weighted by atomic mass is 16.7. The highest BCUT2D eigenvalue weighted by molar-refractivity contribution is 5.74. The van der Waals surface area contributed by atoms with Crippen molar-refractivity contribution in [1.82, 2.24) is 5.06 Å². The second-order valence-corrected chi connectivity index (χ2v) is 6.93. The van der Waals surface area contributed by atoms with Gasteiger partial charge in [0.05, 0.1) is 19.1 Å². The van der Waals surface area contributed by atoms with E-state index < -0.39 is 23.7 Å². The average molecular weight is 335 g/mol. The minimum absolute atomic E-state index is 0.309. The SMILES string of the molecule is COC(=O)[C@H](C)[C@H]1C[C@@H](c2ccccc2)ON1C(=O)OC(C)(C)C. The van der Waals surface area contributed by atoms with E-state index >= 15 is 0 Å². The predicted molar refractivity (Wildman–Crippen MR) is 87.9 cm³/mol. The van der Waals surface area contributed by atoms with Gasteiger partial charge in [0.25, 0.3) is 0 Å². The normalized spacial score (nSPS) is 22.1. The van der Waals surface area contributed by atoms with Crippen molar-refractivity contribution in [2.45, 2.75) is 51.9 Å². The van der Waals surface area contributed by atoms with E-state index in [2.05, 4.69) is 0 Å². The summed E-state index contributed by atoms with van der Waals surface area (Å²) in [5.41, 5.74) is 0.301. The van der Waals surface area contributed by atoms with Crippen molar-refractivity contribution in [3.8, 4) is 0 Å². The van der Waals surface area contributed by atoms with Crippen LogP contribution in [-0.4, -0.2) is 35.9 Å². The fourth-order valence-corrected chi connectivity index (χ4v) is 2.67. The number of methoxy groups -OCH3 is 1. The molecular formula is C18H25NO5. The lowest BCUT2D eigenvalue weighted by Gasteiger charge is -2.28. The number of benzene rings is 1. The molecule has 1 amide bonds. The van der Waals surface area contributed by atoms with Crippen LogP contribution in [0.1, 0.15) is 45.8 Å². The predicted octanol–water partition coefficient (Wildman–Crippen LogP) is 3.48. The Bertz CT molecular complexity index is 581. The van der Waals surface area contributed by atoms with Gasteiger partial charge in [-0.2, -0.15) is 5.06 Å². The van der Waals surface area contributed by atoms with Crippen LogP contribution in [0.5, 0.6) is 0 Å². The summed E-state index contributed by atoms with van der Waals surface area (Å²) in [4.78, 5) is 30.3. The quantitative estimate of drug-likeness (QED) is 0.791. The molecule has 1 fully saturated rings. The molecule has 0 radical (unpaired) electrons. The van der Waals surface area contributed by atoms with Crippen LogP contribution in [-0.2, 0) is 19.1 Å². The van der Waals surface area contributed by atoms with E-state index in [0.717, 1.165) is 5.56 Å². The molecule has 1 saturated heterocycles. The van der Waals surface area contributed by atoms with E-state index in [1.54, 1.807) is 27.7 Å². The van der Waals surface area contributed by atoms with Gasteiger partial charge in [0.1, 0.15) is 11.7 Å². The van der Waals surface area contributed by atoms with Gasteiger partial charge in [-0.05, 0) is 33.3 Å². The van der Waals surface area contributed by atoms with Crippen molar-refractivity contribution >= 4 is 12.1 Å². The minimum Gasteiger partial charge on any atom is -0.469 e. The van der Waals surface area contributed by atoms with Gasteiger partial charge in [0, 0.05) is 6.42 Å². The summed E-state index contributed by atoms with van der Waals surface area (Å²) < 4.78 is 10.2. The number of hydrogen-bond acceptors (Lipinski definition) is 5. The molecule has 1 aliphatic rings. The molecule has 1 aliphatic heterocycles. The fourth-order valence-electron chi connectivity index (χ4n) is 2.67. The number of hydrogen-bond donors (Lipinski definition) is 0. The lowest BCUT2D eigenvalue weighted by Crippen LogP contribution is -2.43. The monoisotopic (exact) mass is 335 g/mol. The van der Waals surface area contributed by atoms with Gasteiger partial charge in [0.15, 0.2) is 0 Å². The maximum absolute atomic E-state index is 12.5. The van der Waals surface area contributed by atoms with Gasteiger partial charge in [-0.3, -0.25) is 9.63 Å². The Morgan fingerprint density at radius 2 is 1.88 bits per heavy atom. The number of ether oxygens (including phenoxy) is 2. The fraction of sp³-hybridized carbons (Fsp3) is 0.556. The Kier molecular flexibility index (Phi) is 5.49. The lowest BCUT2D eigenvalue weighted by atomic mass is 9.94. The highest BCUT2D eigenvalue weighted by Crippen LogP contribution is 2.37. The number of carbonyl (C=O) groups excluding carboxylic acids is 2. The zero-order valence-electron chi connectivity index (χ0n) is 14.8. The summed E-state index contributed by atoms with van der Waals surface area (Å²) in [5.74, 6) is -0.901. The van der Waals surface area contributed by atoms with Gasteiger partial charge in [-0.15, -0.1) is 0 Å². The first-order valence-corrected chi connectivity index (χ1v) is 8.04. The van der Waals surface area contributed by atoms with E-state index in [1.807, 2.05) is 30.3 Å². The maximum Gasteiger partial charge on any atom is 0.434 e. The zero-order chi connectivity index (χ0) is 17.9. The molecule has 0 N–H and O–H groups in total. The van der Waals surface area contributed by atoms with Crippen molar-refractivity contribution in [3.05, 3.63) is 35.9 Å². The molecule has 0 spiro atoms. The first-order chi connectivity index (χ1) is 11.2. The molecular weight excluding hydrogens is 310 g/mol. The minimum atomic E-state index is -0.648. The second kappa shape index (κ2) is 7.21.